The zero-order valence-electron chi connectivity index (χ0n) is 14.0. The molecule has 2 atom stereocenters. The molecule has 0 radical (unpaired) electrons. The van der Waals surface area contributed by atoms with Crippen molar-refractivity contribution in [3.05, 3.63) is 19.8 Å². The number of nitrogens with one attached hydrogen (secondary N) is 1. The van der Waals surface area contributed by atoms with Crippen LogP contribution in [0.2, 0.25) is 5.02 Å². The SMILES string of the molecule is CN1C(NC(=O)OC(C)(C)C)=N[C@](C)(c2sc(Br)cc2Cl)CS1=O. The molecule has 1 aliphatic rings. The second-order valence-electron chi connectivity index (χ2n) is 6.53. The molecule has 1 aromatic heterocycles. The van der Waals surface area contributed by atoms with Gasteiger partial charge in [-0.05, 0) is 49.7 Å². The lowest BCUT2D eigenvalue weighted by Crippen LogP contribution is -2.51. The van der Waals surface area contributed by atoms with Gasteiger partial charge in [-0.1, -0.05) is 11.6 Å². The van der Waals surface area contributed by atoms with E-state index in [1.807, 2.05) is 6.92 Å². The molecule has 0 aromatic carbocycles. The fourth-order valence-electron chi connectivity index (χ4n) is 2.10. The number of ether oxygens (including phenoxy) is 1. The molecular weight excluding hydrogens is 438 g/mol. The summed E-state index contributed by atoms with van der Waals surface area (Å²) in [5.41, 5.74) is -1.43. The number of hydrogen-bond donors (Lipinski definition) is 1. The summed E-state index contributed by atoms with van der Waals surface area (Å²) in [6.45, 7) is 7.15. The number of hydrogen-bond acceptors (Lipinski definition) is 5. The molecule has 0 fully saturated rings. The van der Waals surface area contributed by atoms with Crippen molar-refractivity contribution in [1.29, 1.82) is 0 Å². The second-order valence-corrected chi connectivity index (χ2v) is 10.8. The summed E-state index contributed by atoms with van der Waals surface area (Å²) >= 11 is 11.1. The van der Waals surface area contributed by atoms with Crippen molar-refractivity contribution in [1.82, 2.24) is 9.62 Å². The van der Waals surface area contributed by atoms with Gasteiger partial charge in [0.2, 0.25) is 5.96 Å². The van der Waals surface area contributed by atoms with Gasteiger partial charge in [0.1, 0.15) is 22.1 Å². The van der Waals surface area contributed by atoms with Gasteiger partial charge in [-0.2, -0.15) is 0 Å². The molecule has 2 heterocycles. The topological polar surface area (TPSA) is 71.0 Å². The Hall–Kier alpha value is -0.640. The number of guanidine groups is 1. The van der Waals surface area contributed by atoms with Crippen LogP contribution in [0.15, 0.2) is 14.8 Å². The highest BCUT2D eigenvalue weighted by Gasteiger charge is 2.39. The molecule has 2 rings (SSSR count). The van der Waals surface area contributed by atoms with E-state index in [1.165, 1.54) is 15.6 Å². The minimum atomic E-state index is -1.36. The van der Waals surface area contributed by atoms with Crippen molar-refractivity contribution >= 4 is 61.9 Å². The Morgan fingerprint density at radius 2 is 2.21 bits per heavy atom. The molecule has 0 aliphatic carbocycles. The summed E-state index contributed by atoms with van der Waals surface area (Å²) in [6.07, 6.45) is -0.646. The van der Waals surface area contributed by atoms with Crippen molar-refractivity contribution in [3.63, 3.8) is 0 Å². The van der Waals surface area contributed by atoms with Crippen LogP contribution in [-0.2, 0) is 21.3 Å². The Bertz CT molecular complexity index is 717. The van der Waals surface area contributed by atoms with E-state index < -0.39 is 28.2 Å². The van der Waals surface area contributed by atoms with E-state index >= 15 is 0 Å². The third-order valence-corrected chi connectivity index (χ3v) is 7.01. The van der Waals surface area contributed by atoms with Crippen LogP contribution in [0.4, 0.5) is 4.79 Å². The maximum Gasteiger partial charge on any atom is 0.414 e. The van der Waals surface area contributed by atoms with Crippen LogP contribution in [0.5, 0.6) is 0 Å². The Labute approximate surface area is 161 Å². The summed E-state index contributed by atoms with van der Waals surface area (Å²) < 4.78 is 20.0. The summed E-state index contributed by atoms with van der Waals surface area (Å²) in [5.74, 6) is 0.465. The average Bonchev–Trinajstić information content (AvgIpc) is 2.73. The predicted octanol–water partition coefficient (Wildman–Crippen LogP) is 3.87. The first-order chi connectivity index (χ1) is 10.9. The van der Waals surface area contributed by atoms with Crippen LogP contribution in [-0.4, -0.2) is 39.0 Å². The molecule has 0 bridgehead atoms. The number of nitrogens with zero attached hydrogens (tertiary/aromatic N) is 2. The standard InChI is InChI=1S/C14H19BrClN3O3S2/c1-13(2,3)22-12(20)17-11-18-14(4,7-24(21)19(11)5)10-8(16)6-9(15)23-10/h6H,7H2,1-5H3,(H,17,18,20)/t14-,24?/m0/s1. The van der Waals surface area contributed by atoms with E-state index in [0.717, 1.165) is 8.66 Å². The zero-order valence-corrected chi connectivity index (χ0v) is 18.0. The van der Waals surface area contributed by atoms with E-state index in [-0.39, 0.29) is 11.7 Å². The normalized spacial score (nSPS) is 24.5. The van der Waals surface area contributed by atoms with Crippen LogP contribution in [0, 0.1) is 0 Å². The summed E-state index contributed by atoms with van der Waals surface area (Å²) in [4.78, 5) is 17.4. The number of aliphatic imine (C=N–C) groups is 1. The molecule has 1 N–H and O–H groups in total. The predicted molar refractivity (Wildman–Crippen MR) is 102 cm³/mol. The smallest absolute Gasteiger partial charge is 0.414 e. The van der Waals surface area contributed by atoms with Gasteiger partial charge < -0.3 is 4.74 Å². The summed E-state index contributed by atoms with van der Waals surface area (Å²) in [5, 5.41) is 3.13. The highest BCUT2D eigenvalue weighted by molar-refractivity contribution is 9.11. The van der Waals surface area contributed by atoms with Crippen LogP contribution >= 0.6 is 38.9 Å². The van der Waals surface area contributed by atoms with Crippen molar-refractivity contribution in [3.8, 4) is 0 Å². The molecule has 0 spiro atoms. The monoisotopic (exact) mass is 455 g/mol. The minimum absolute atomic E-state index is 0.192. The molecule has 0 saturated heterocycles. The van der Waals surface area contributed by atoms with Crippen molar-refractivity contribution < 1.29 is 13.7 Å². The Morgan fingerprint density at radius 3 is 2.71 bits per heavy atom. The first-order valence-corrected chi connectivity index (χ1v) is 10.3. The first kappa shape index (κ1) is 19.7. The van der Waals surface area contributed by atoms with Gasteiger partial charge in [0.25, 0.3) is 0 Å². The molecule has 24 heavy (non-hydrogen) atoms. The number of carbonyl (C=O) groups is 1. The van der Waals surface area contributed by atoms with Gasteiger partial charge >= 0.3 is 6.09 Å². The summed E-state index contributed by atoms with van der Waals surface area (Å²) in [6, 6.07) is 1.78. The maximum absolute atomic E-state index is 12.5. The van der Waals surface area contributed by atoms with Crippen LogP contribution in [0.25, 0.3) is 0 Å². The fourth-order valence-corrected chi connectivity index (χ4v) is 5.56. The molecular formula is C14H19BrClN3O3S2. The van der Waals surface area contributed by atoms with Gasteiger partial charge in [0.05, 0.1) is 19.4 Å². The van der Waals surface area contributed by atoms with E-state index in [0.29, 0.717) is 5.02 Å². The first-order valence-electron chi connectivity index (χ1n) is 7.09. The largest absolute Gasteiger partial charge is 0.444 e. The van der Waals surface area contributed by atoms with Gasteiger partial charge in [-0.3, -0.25) is 9.62 Å². The van der Waals surface area contributed by atoms with Gasteiger partial charge in [-0.15, -0.1) is 11.3 Å². The zero-order chi connectivity index (χ0) is 18.3. The number of carbonyl (C=O) groups excluding carboxylic acids is 1. The molecule has 10 heteroatoms. The molecule has 134 valence electrons. The number of alkyl carbamates (subject to hydrolysis) is 1. The van der Waals surface area contributed by atoms with Gasteiger partial charge in [0.15, 0.2) is 0 Å². The van der Waals surface area contributed by atoms with Crippen molar-refractivity contribution in [2.45, 2.75) is 38.8 Å². The van der Waals surface area contributed by atoms with Gasteiger partial charge in [-0.25, -0.2) is 14.0 Å². The number of thiophene rings is 1. The molecule has 1 unspecified atom stereocenters. The average molecular weight is 457 g/mol. The minimum Gasteiger partial charge on any atom is -0.444 e. The fraction of sp³-hybridized carbons (Fsp3) is 0.571. The quantitative estimate of drug-likeness (QED) is 0.697. The van der Waals surface area contributed by atoms with Crippen LogP contribution < -0.4 is 5.32 Å². The molecule has 1 aromatic rings. The highest BCUT2D eigenvalue weighted by Crippen LogP contribution is 2.42. The lowest BCUT2D eigenvalue weighted by molar-refractivity contribution is 0.0559. The number of halogens is 2. The molecule has 1 amide bonds. The third kappa shape index (κ3) is 4.50. The highest BCUT2D eigenvalue weighted by atomic mass is 79.9. The lowest BCUT2D eigenvalue weighted by atomic mass is 10.0. The Morgan fingerprint density at radius 1 is 1.58 bits per heavy atom. The molecule has 1 aliphatic heterocycles. The Kier molecular flexibility index (Phi) is 5.69. The van der Waals surface area contributed by atoms with E-state index in [9.17, 15) is 9.00 Å². The maximum atomic E-state index is 12.5. The number of amides is 1. The van der Waals surface area contributed by atoms with E-state index in [2.05, 4.69) is 26.2 Å². The summed E-state index contributed by atoms with van der Waals surface area (Å²) in [7, 11) is 0.250. The Balaban J connectivity index is 2.35. The van der Waals surface area contributed by atoms with E-state index in [1.54, 1.807) is 33.9 Å². The van der Waals surface area contributed by atoms with Crippen LogP contribution in [0.3, 0.4) is 0 Å². The van der Waals surface area contributed by atoms with Gasteiger partial charge in [0, 0.05) is 7.05 Å². The third-order valence-electron chi connectivity index (χ3n) is 3.12. The van der Waals surface area contributed by atoms with Crippen molar-refractivity contribution in [2.24, 2.45) is 4.99 Å². The number of rotatable bonds is 1. The molecule has 6 nitrogen and oxygen atoms in total. The lowest BCUT2D eigenvalue weighted by Gasteiger charge is -2.34. The second kappa shape index (κ2) is 6.93. The molecule has 0 saturated carbocycles. The van der Waals surface area contributed by atoms with E-state index in [4.69, 9.17) is 16.3 Å². The van der Waals surface area contributed by atoms with Crippen molar-refractivity contribution in [2.75, 3.05) is 12.8 Å². The van der Waals surface area contributed by atoms with Crippen LogP contribution in [0.1, 0.15) is 32.6 Å².